The molecule has 0 saturated heterocycles. The predicted octanol–water partition coefficient (Wildman–Crippen LogP) is 2.03. The van der Waals surface area contributed by atoms with E-state index in [1.54, 1.807) is 0 Å². The van der Waals surface area contributed by atoms with Gasteiger partial charge in [0.25, 0.3) is 0 Å². The Labute approximate surface area is 79.0 Å². The summed E-state index contributed by atoms with van der Waals surface area (Å²) in [5.74, 6) is 0.357. The minimum atomic E-state index is -0.352. The van der Waals surface area contributed by atoms with Crippen molar-refractivity contribution in [3.8, 4) is 6.07 Å². The molecule has 0 heterocycles. The van der Waals surface area contributed by atoms with Gasteiger partial charge in [-0.25, -0.2) is 0 Å². The van der Waals surface area contributed by atoms with Crippen molar-refractivity contribution in [3.63, 3.8) is 0 Å². The summed E-state index contributed by atoms with van der Waals surface area (Å²) in [6, 6.07) is 11.8. The molecule has 1 aromatic carbocycles. The van der Waals surface area contributed by atoms with Crippen molar-refractivity contribution in [1.82, 2.24) is 0 Å². The van der Waals surface area contributed by atoms with Crippen molar-refractivity contribution >= 4 is 0 Å². The highest BCUT2D eigenvalue weighted by Gasteiger charge is 2.09. The molecule has 0 spiro atoms. The third-order valence-corrected chi connectivity index (χ3v) is 2.14. The summed E-state index contributed by atoms with van der Waals surface area (Å²) < 4.78 is 0. The predicted molar refractivity (Wildman–Crippen MR) is 53.1 cm³/mol. The number of benzene rings is 1. The van der Waals surface area contributed by atoms with Crippen LogP contribution in [-0.4, -0.2) is 6.04 Å². The average molecular weight is 174 g/mol. The van der Waals surface area contributed by atoms with Gasteiger partial charge in [0.15, 0.2) is 0 Å². The van der Waals surface area contributed by atoms with Crippen LogP contribution in [0.15, 0.2) is 30.3 Å². The summed E-state index contributed by atoms with van der Waals surface area (Å²) in [5.41, 5.74) is 6.79. The Hall–Kier alpha value is -1.33. The highest BCUT2D eigenvalue weighted by atomic mass is 14.6. The Bertz CT molecular complexity index is 287. The van der Waals surface area contributed by atoms with Crippen LogP contribution in [0, 0.1) is 11.3 Å². The smallest absolute Gasteiger partial charge is 0.0933 e. The van der Waals surface area contributed by atoms with Gasteiger partial charge in [0, 0.05) is 0 Å². The summed E-state index contributed by atoms with van der Waals surface area (Å²) in [6.07, 6.45) is 0.723. The van der Waals surface area contributed by atoms with Gasteiger partial charge in [0.1, 0.15) is 0 Å². The van der Waals surface area contributed by atoms with Crippen LogP contribution >= 0.6 is 0 Å². The zero-order chi connectivity index (χ0) is 9.68. The molecule has 68 valence electrons. The highest BCUT2D eigenvalue weighted by molar-refractivity contribution is 5.19. The second kappa shape index (κ2) is 4.64. The number of rotatable bonds is 3. The van der Waals surface area contributed by atoms with Crippen LogP contribution in [0.5, 0.6) is 0 Å². The monoisotopic (exact) mass is 174 g/mol. The molecule has 2 nitrogen and oxygen atoms in total. The van der Waals surface area contributed by atoms with Gasteiger partial charge in [-0.15, -0.1) is 0 Å². The first-order valence-corrected chi connectivity index (χ1v) is 4.44. The fourth-order valence-corrected chi connectivity index (χ4v) is 1.35. The molecule has 1 rings (SSSR count). The minimum absolute atomic E-state index is 0.352. The van der Waals surface area contributed by atoms with Gasteiger partial charge < -0.3 is 5.73 Å². The average Bonchev–Trinajstić information content (AvgIpc) is 2.19. The number of nitriles is 1. The van der Waals surface area contributed by atoms with Gasteiger partial charge in [-0.2, -0.15) is 5.26 Å². The number of hydrogen-bond donors (Lipinski definition) is 1. The van der Waals surface area contributed by atoms with Gasteiger partial charge in [-0.05, 0) is 17.9 Å². The van der Waals surface area contributed by atoms with Crippen molar-refractivity contribution in [2.75, 3.05) is 0 Å². The van der Waals surface area contributed by atoms with Crippen molar-refractivity contribution in [3.05, 3.63) is 35.9 Å². The second-order valence-corrected chi connectivity index (χ2v) is 3.28. The maximum absolute atomic E-state index is 8.56. The summed E-state index contributed by atoms with van der Waals surface area (Å²) in [5, 5.41) is 8.56. The molecule has 0 aromatic heterocycles. The molecular formula is C11H14N2. The summed E-state index contributed by atoms with van der Waals surface area (Å²) in [6.45, 7) is 2.09. The number of hydrogen-bond acceptors (Lipinski definition) is 2. The maximum Gasteiger partial charge on any atom is 0.0933 e. The van der Waals surface area contributed by atoms with E-state index in [1.807, 2.05) is 24.3 Å². The Balaban J connectivity index is 2.60. The Morgan fingerprint density at radius 1 is 1.38 bits per heavy atom. The van der Waals surface area contributed by atoms with Crippen LogP contribution in [0.3, 0.4) is 0 Å². The first-order chi connectivity index (χ1) is 6.24. The molecule has 2 N–H and O–H groups in total. The van der Waals surface area contributed by atoms with Gasteiger partial charge in [-0.3, -0.25) is 0 Å². The fraction of sp³-hybridized carbons (Fsp3) is 0.364. The molecule has 2 heteroatoms. The first kappa shape index (κ1) is 9.76. The molecule has 0 radical (unpaired) electrons. The molecule has 0 aliphatic rings. The van der Waals surface area contributed by atoms with Crippen LogP contribution in [0.1, 0.15) is 24.8 Å². The highest BCUT2D eigenvalue weighted by Crippen LogP contribution is 2.18. The van der Waals surface area contributed by atoms with E-state index in [2.05, 4.69) is 19.1 Å². The topological polar surface area (TPSA) is 49.8 Å². The zero-order valence-electron chi connectivity index (χ0n) is 7.77. The molecule has 0 saturated carbocycles. The maximum atomic E-state index is 8.56. The van der Waals surface area contributed by atoms with E-state index in [1.165, 1.54) is 5.56 Å². The lowest BCUT2D eigenvalue weighted by Gasteiger charge is -2.12. The first-order valence-electron chi connectivity index (χ1n) is 4.44. The minimum Gasteiger partial charge on any atom is -0.316 e. The molecule has 0 fully saturated rings. The van der Waals surface area contributed by atoms with Crippen LogP contribution in [-0.2, 0) is 0 Å². The fourth-order valence-electron chi connectivity index (χ4n) is 1.35. The van der Waals surface area contributed by atoms with E-state index in [-0.39, 0.29) is 6.04 Å². The molecule has 0 bridgehead atoms. The largest absolute Gasteiger partial charge is 0.316 e. The van der Waals surface area contributed by atoms with Crippen LogP contribution in [0.25, 0.3) is 0 Å². The van der Waals surface area contributed by atoms with Gasteiger partial charge in [-0.1, -0.05) is 37.3 Å². The van der Waals surface area contributed by atoms with E-state index < -0.39 is 0 Å². The zero-order valence-corrected chi connectivity index (χ0v) is 7.77. The Morgan fingerprint density at radius 2 is 2.00 bits per heavy atom. The van der Waals surface area contributed by atoms with Crippen molar-refractivity contribution in [1.29, 1.82) is 5.26 Å². The van der Waals surface area contributed by atoms with Gasteiger partial charge in [0.2, 0.25) is 0 Å². The summed E-state index contributed by atoms with van der Waals surface area (Å²) in [7, 11) is 0. The summed E-state index contributed by atoms with van der Waals surface area (Å²) >= 11 is 0. The van der Waals surface area contributed by atoms with E-state index >= 15 is 0 Å². The quantitative estimate of drug-likeness (QED) is 0.762. The standard InChI is InChI=1S/C11H14N2/c1-9(7-11(13)8-12)10-5-3-2-4-6-10/h2-6,9,11H,7,13H2,1H3. The molecule has 0 amide bonds. The molecule has 0 aliphatic carbocycles. The van der Waals surface area contributed by atoms with Crippen LogP contribution in [0.2, 0.25) is 0 Å². The Kier molecular flexibility index (Phi) is 3.48. The van der Waals surface area contributed by atoms with Crippen molar-refractivity contribution < 1.29 is 0 Å². The molecule has 13 heavy (non-hydrogen) atoms. The molecule has 2 atom stereocenters. The second-order valence-electron chi connectivity index (χ2n) is 3.28. The van der Waals surface area contributed by atoms with Gasteiger partial charge >= 0.3 is 0 Å². The normalized spacial score (nSPS) is 14.5. The van der Waals surface area contributed by atoms with Gasteiger partial charge in [0.05, 0.1) is 12.1 Å². The lowest BCUT2D eigenvalue weighted by molar-refractivity contribution is 0.629. The Morgan fingerprint density at radius 3 is 2.54 bits per heavy atom. The van der Waals surface area contributed by atoms with Crippen molar-refractivity contribution in [2.24, 2.45) is 5.73 Å². The number of nitrogens with two attached hydrogens (primary N) is 1. The van der Waals surface area contributed by atoms with E-state index in [4.69, 9.17) is 11.0 Å². The van der Waals surface area contributed by atoms with E-state index in [0.717, 1.165) is 6.42 Å². The van der Waals surface area contributed by atoms with Crippen LogP contribution in [0.4, 0.5) is 0 Å². The SMILES string of the molecule is CC(CC(N)C#N)c1ccccc1. The molecular weight excluding hydrogens is 160 g/mol. The van der Waals surface area contributed by atoms with E-state index in [9.17, 15) is 0 Å². The molecule has 1 aromatic rings. The van der Waals surface area contributed by atoms with Crippen LogP contribution < -0.4 is 5.73 Å². The third kappa shape index (κ3) is 2.89. The lowest BCUT2D eigenvalue weighted by Crippen LogP contribution is -2.19. The third-order valence-electron chi connectivity index (χ3n) is 2.14. The molecule has 2 unspecified atom stereocenters. The lowest BCUT2D eigenvalue weighted by atomic mass is 9.95. The number of nitrogens with zero attached hydrogens (tertiary/aromatic N) is 1. The van der Waals surface area contributed by atoms with E-state index in [0.29, 0.717) is 5.92 Å². The van der Waals surface area contributed by atoms with Crippen molar-refractivity contribution in [2.45, 2.75) is 25.3 Å². The summed E-state index contributed by atoms with van der Waals surface area (Å²) in [4.78, 5) is 0. The molecule has 0 aliphatic heterocycles.